The second-order valence-electron chi connectivity index (χ2n) is 6.75. The van der Waals surface area contributed by atoms with Crippen LogP contribution in [0.1, 0.15) is 15.9 Å². The molecule has 4 aromatic rings. The first-order valence-corrected chi connectivity index (χ1v) is 10.1. The molecule has 10 heteroatoms. The molecule has 4 rings (SSSR count). The molecular weight excluding hydrogens is 444 g/mol. The molecule has 0 aliphatic carbocycles. The minimum Gasteiger partial charge on any atom is -0.350 e. The van der Waals surface area contributed by atoms with E-state index in [2.05, 4.69) is 15.4 Å². The maximum Gasteiger partial charge on any atom is 0.264 e. The van der Waals surface area contributed by atoms with Crippen molar-refractivity contribution < 1.29 is 9.18 Å². The number of nitrogens with one attached hydrogen (secondary N) is 1. The Morgan fingerprint density at radius 2 is 1.97 bits per heavy atom. The highest BCUT2D eigenvalue weighted by Crippen LogP contribution is 2.20. The van der Waals surface area contributed by atoms with E-state index < -0.39 is 0 Å². The molecule has 1 N–H and O–H groups in total. The molecule has 2 aromatic carbocycles. The van der Waals surface area contributed by atoms with Crippen LogP contribution in [0.3, 0.4) is 0 Å². The third-order valence-corrected chi connectivity index (χ3v) is 5.27. The average molecular weight is 460 g/mol. The third-order valence-electron chi connectivity index (χ3n) is 4.70. The van der Waals surface area contributed by atoms with Crippen LogP contribution in [0.2, 0.25) is 10.0 Å². The van der Waals surface area contributed by atoms with E-state index in [-0.39, 0.29) is 42.5 Å². The minimum absolute atomic E-state index is 0.0656. The first kappa shape index (κ1) is 21.0. The number of benzene rings is 2. The molecule has 0 spiro atoms. The molecule has 2 aromatic heterocycles. The van der Waals surface area contributed by atoms with Crippen molar-refractivity contribution in [2.24, 2.45) is 0 Å². The van der Waals surface area contributed by atoms with Gasteiger partial charge >= 0.3 is 0 Å². The average Bonchev–Trinajstić information content (AvgIpc) is 3.17. The Hall–Kier alpha value is -3.23. The molecular formula is C21H16Cl2FN5O2. The van der Waals surface area contributed by atoms with Crippen molar-refractivity contribution in [2.45, 2.75) is 13.1 Å². The summed E-state index contributed by atoms with van der Waals surface area (Å²) < 4.78 is 16.7. The Bertz CT molecular complexity index is 1340. The van der Waals surface area contributed by atoms with Gasteiger partial charge < -0.3 is 5.32 Å². The highest BCUT2D eigenvalue weighted by Gasteiger charge is 2.13. The van der Waals surface area contributed by atoms with E-state index in [1.165, 1.54) is 33.9 Å². The highest BCUT2D eigenvalue weighted by atomic mass is 35.5. The van der Waals surface area contributed by atoms with Gasteiger partial charge in [0, 0.05) is 17.1 Å². The first-order valence-electron chi connectivity index (χ1n) is 9.31. The van der Waals surface area contributed by atoms with E-state index >= 15 is 0 Å². The van der Waals surface area contributed by atoms with Gasteiger partial charge in [0.25, 0.3) is 11.5 Å². The molecule has 0 fully saturated rings. The van der Waals surface area contributed by atoms with Gasteiger partial charge in [0.05, 0.1) is 29.9 Å². The second kappa shape index (κ2) is 8.87. The van der Waals surface area contributed by atoms with E-state index in [9.17, 15) is 14.0 Å². The Labute approximate surface area is 186 Å². The summed E-state index contributed by atoms with van der Waals surface area (Å²) in [5.41, 5.74) is 0.716. The van der Waals surface area contributed by atoms with Crippen LogP contribution >= 0.6 is 23.2 Å². The van der Waals surface area contributed by atoms with Crippen LogP contribution in [-0.4, -0.2) is 31.8 Å². The number of halogens is 3. The summed E-state index contributed by atoms with van der Waals surface area (Å²) in [5.74, 6) is -0.759. The third kappa shape index (κ3) is 4.45. The van der Waals surface area contributed by atoms with Gasteiger partial charge in [-0.1, -0.05) is 41.4 Å². The number of carbonyl (C=O) groups excluding carboxylic acids is 1. The van der Waals surface area contributed by atoms with Gasteiger partial charge in [-0.2, -0.15) is 5.10 Å². The van der Waals surface area contributed by atoms with Gasteiger partial charge in [-0.25, -0.2) is 14.1 Å². The van der Waals surface area contributed by atoms with Crippen molar-refractivity contribution in [1.29, 1.82) is 0 Å². The van der Waals surface area contributed by atoms with Crippen LogP contribution in [0.5, 0.6) is 0 Å². The molecule has 31 heavy (non-hydrogen) atoms. The molecule has 0 radical (unpaired) electrons. The van der Waals surface area contributed by atoms with E-state index in [4.69, 9.17) is 23.2 Å². The zero-order valence-corrected chi connectivity index (χ0v) is 17.6. The summed E-state index contributed by atoms with van der Waals surface area (Å²) >= 11 is 12.0. The molecule has 158 valence electrons. The Kier molecular flexibility index (Phi) is 6.01. The summed E-state index contributed by atoms with van der Waals surface area (Å²) in [5, 5.41) is 7.94. The molecule has 7 nitrogen and oxygen atoms in total. The zero-order chi connectivity index (χ0) is 22.0. The summed E-state index contributed by atoms with van der Waals surface area (Å²) in [6.07, 6.45) is 2.78. The van der Waals surface area contributed by atoms with Crippen LogP contribution < -0.4 is 10.9 Å². The number of hydrogen-bond acceptors (Lipinski definition) is 4. The van der Waals surface area contributed by atoms with Gasteiger partial charge in [0.1, 0.15) is 17.5 Å². The van der Waals surface area contributed by atoms with E-state index in [1.807, 2.05) is 0 Å². The summed E-state index contributed by atoms with van der Waals surface area (Å²) in [7, 11) is 0. The number of carbonyl (C=O) groups is 1. The van der Waals surface area contributed by atoms with Crippen molar-refractivity contribution in [2.75, 3.05) is 6.54 Å². The lowest BCUT2D eigenvalue weighted by Crippen LogP contribution is -2.28. The van der Waals surface area contributed by atoms with Crippen LogP contribution in [0.25, 0.3) is 11.0 Å². The predicted molar refractivity (Wildman–Crippen MR) is 116 cm³/mol. The van der Waals surface area contributed by atoms with Gasteiger partial charge in [0.15, 0.2) is 5.65 Å². The molecule has 0 saturated heterocycles. The topological polar surface area (TPSA) is 81.8 Å². The SMILES string of the molecule is O=C(NCCn1ncc2c(=O)n(Cc3ccccc3F)cnc21)c1cc(Cl)ccc1Cl. The van der Waals surface area contributed by atoms with Gasteiger partial charge in [-0.05, 0) is 24.3 Å². The lowest BCUT2D eigenvalue weighted by atomic mass is 10.2. The fraction of sp³-hybridized carbons (Fsp3) is 0.143. The van der Waals surface area contributed by atoms with Crippen molar-refractivity contribution in [3.8, 4) is 0 Å². The van der Waals surface area contributed by atoms with Crippen LogP contribution in [0.4, 0.5) is 4.39 Å². The molecule has 0 saturated carbocycles. The fourth-order valence-corrected chi connectivity index (χ4v) is 3.50. The largest absolute Gasteiger partial charge is 0.350 e. The molecule has 0 atom stereocenters. The van der Waals surface area contributed by atoms with E-state index in [1.54, 1.807) is 30.3 Å². The quantitative estimate of drug-likeness (QED) is 0.478. The van der Waals surface area contributed by atoms with Gasteiger partial charge in [-0.15, -0.1) is 0 Å². The van der Waals surface area contributed by atoms with Crippen molar-refractivity contribution >= 4 is 40.1 Å². The van der Waals surface area contributed by atoms with E-state index in [0.29, 0.717) is 26.6 Å². The molecule has 0 aliphatic rings. The zero-order valence-electron chi connectivity index (χ0n) is 16.1. The van der Waals surface area contributed by atoms with E-state index in [0.717, 1.165) is 0 Å². The molecule has 0 bridgehead atoms. The van der Waals surface area contributed by atoms with Crippen molar-refractivity contribution in [3.05, 3.63) is 92.3 Å². The normalized spacial score (nSPS) is 11.1. The Balaban J connectivity index is 1.48. The predicted octanol–water partition coefficient (Wildman–Crippen LogP) is 3.52. The maximum absolute atomic E-state index is 13.9. The highest BCUT2D eigenvalue weighted by molar-refractivity contribution is 6.35. The minimum atomic E-state index is -0.388. The monoisotopic (exact) mass is 459 g/mol. The molecule has 0 aliphatic heterocycles. The van der Waals surface area contributed by atoms with Crippen LogP contribution in [0, 0.1) is 5.82 Å². The second-order valence-corrected chi connectivity index (χ2v) is 7.60. The summed E-state index contributed by atoms with van der Waals surface area (Å²) in [6.45, 7) is 0.589. The molecule has 1 amide bonds. The number of nitrogens with zero attached hydrogens (tertiary/aromatic N) is 4. The Morgan fingerprint density at radius 3 is 2.77 bits per heavy atom. The maximum atomic E-state index is 13.9. The fourth-order valence-electron chi connectivity index (χ4n) is 3.13. The van der Waals surface area contributed by atoms with Crippen LogP contribution in [-0.2, 0) is 13.1 Å². The van der Waals surface area contributed by atoms with Crippen molar-refractivity contribution in [3.63, 3.8) is 0 Å². The molecule has 0 unspecified atom stereocenters. The lowest BCUT2D eigenvalue weighted by molar-refractivity contribution is 0.0952. The smallest absolute Gasteiger partial charge is 0.264 e. The number of aromatic nitrogens is 4. The van der Waals surface area contributed by atoms with Gasteiger partial charge in [-0.3, -0.25) is 14.2 Å². The number of rotatable bonds is 6. The Morgan fingerprint density at radius 1 is 1.16 bits per heavy atom. The van der Waals surface area contributed by atoms with Gasteiger partial charge in [0.2, 0.25) is 0 Å². The lowest BCUT2D eigenvalue weighted by Gasteiger charge is -2.09. The number of amides is 1. The molecule has 2 heterocycles. The number of fused-ring (bicyclic) bond motifs is 1. The van der Waals surface area contributed by atoms with Crippen LogP contribution in [0.15, 0.2) is 59.8 Å². The first-order chi connectivity index (χ1) is 14.9. The summed E-state index contributed by atoms with van der Waals surface area (Å²) in [6, 6.07) is 10.9. The number of hydrogen-bond donors (Lipinski definition) is 1. The van der Waals surface area contributed by atoms with Crippen molar-refractivity contribution in [1.82, 2.24) is 24.6 Å². The summed E-state index contributed by atoms with van der Waals surface area (Å²) in [4.78, 5) is 29.4. The standard InChI is InChI=1S/C21H16Cl2FN5O2/c22-14-5-6-17(23)15(9-14)20(30)25-7-8-29-19-16(10-27-29)21(31)28(12-26-19)11-13-3-1-2-4-18(13)24/h1-6,9-10,12H,7-8,11H2,(H,25,30).